The number of aromatic amines is 1. The Morgan fingerprint density at radius 3 is 2.41 bits per heavy atom. The summed E-state index contributed by atoms with van der Waals surface area (Å²) in [7, 11) is 2.01. The van der Waals surface area contributed by atoms with Crippen LogP contribution < -0.4 is 10.2 Å². The molecule has 3 aromatic rings. The number of carbonyl (C=O) groups is 1. The van der Waals surface area contributed by atoms with Gasteiger partial charge in [0.1, 0.15) is 5.82 Å². The molecule has 0 aliphatic carbocycles. The summed E-state index contributed by atoms with van der Waals surface area (Å²) in [6, 6.07) is 8.99. The lowest BCUT2D eigenvalue weighted by atomic mass is 10.0. The van der Waals surface area contributed by atoms with Crippen molar-refractivity contribution < 1.29 is 18.0 Å². The number of amides is 1. The lowest BCUT2D eigenvalue weighted by Gasteiger charge is -2.43. The number of imidazole rings is 1. The van der Waals surface area contributed by atoms with Crippen molar-refractivity contribution in [3.05, 3.63) is 64.4 Å². The zero-order valence-corrected chi connectivity index (χ0v) is 22.2. The van der Waals surface area contributed by atoms with Crippen LogP contribution in [-0.4, -0.2) is 53.0 Å². The van der Waals surface area contributed by atoms with E-state index in [2.05, 4.69) is 20.2 Å². The zero-order valence-electron chi connectivity index (χ0n) is 21.4. The Bertz CT molecular complexity index is 1280. The van der Waals surface area contributed by atoms with Gasteiger partial charge in [0.05, 0.1) is 16.1 Å². The van der Waals surface area contributed by atoms with E-state index in [-0.39, 0.29) is 18.0 Å². The van der Waals surface area contributed by atoms with Crippen LogP contribution in [0, 0.1) is 0 Å². The average molecular weight is 534 g/mol. The fourth-order valence-corrected chi connectivity index (χ4v) is 4.73. The number of halogens is 4. The van der Waals surface area contributed by atoms with E-state index in [0.717, 1.165) is 11.8 Å². The van der Waals surface area contributed by atoms with Crippen LogP contribution in [0.4, 0.5) is 24.5 Å². The highest BCUT2D eigenvalue weighted by atomic mass is 35.5. The molecule has 4 rings (SSSR count). The maximum atomic E-state index is 14.1. The second-order valence-electron chi connectivity index (χ2n) is 9.99. The van der Waals surface area contributed by atoms with Crippen molar-refractivity contribution >= 4 is 28.9 Å². The van der Waals surface area contributed by atoms with Crippen LogP contribution in [0.1, 0.15) is 55.2 Å². The van der Waals surface area contributed by atoms with Gasteiger partial charge in [-0.2, -0.15) is 13.2 Å². The number of nitrogens with zero attached hydrogens (tertiary/aromatic N) is 3. The molecule has 2 heterocycles. The fraction of sp³-hybridized carbons (Fsp3) is 0.407. The van der Waals surface area contributed by atoms with Gasteiger partial charge in [-0.3, -0.25) is 9.69 Å². The number of nitrogens with one attached hydrogen (secondary N) is 2. The quantitative estimate of drug-likeness (QED) is 0.385. The van der Waals surface area contributed by atoms with Crippen molar-refractivity contribution in [2.24, 2.45) is 0 Å². The smallest absolute Gasteiger partial charge is 0.368 e. The number of hydrogen-bond donors (Lipinski definition) is 2. The summed E-state index contributed by atoms with van der Waals surface area (Å²) >= 11 is 6.35. The Balaban J connectivity index is 1.62. The van der Waals surface area contributed by atoms with Gasteiger partial charge >= 0.3 is 6.18 Å². The highest BCUT2D eigenvalue weighted by molar-refractivity contribution is 6.33. The van der Waals surface area contributed by atoms with E-state index >= 15 is 0 Å². The van der Waals surface area contributed by atoms with Crippen LogP contribution in [0.3, 0.4) is 0 Å². The molecule has 2 aromatic carbocycles. The third-order valence-electron chi connectivity index (χ3n) is 6.97. The van der Waals surface area contributed by atoms with Crippen molar-refractivity contribution in [1.82, 2.24) is 14.9 Å². The van der Waals surface area contributed by atoms with E-state index in [4.69, 9.17) is 11.6 Å². The molecule has 1 aliphatic heterocycles. The number of hydrogen-bond acceptors (Lipinski definition) is 4. The molecular formula is C27H31ClF3N5O. The summed E-state index contributed by atoms with van der Waals surface area (Å²) in [5, 5.41) is 3.00. The number of aromatic nitrogens is 2. The van der Waals surface area contributed by atoms with Gasteiger partial charge in [0.2, 0.25) is 0 Å². The first-order valence-corrected chi connectivity index (χ1v) is 12.6. The average Bonchev–Trinajstić information content (AvgIpc) is 3.33. The van der Waals surface area contributed by atoms with E-state index < -0.39 is 23.2 Å². The Kier molecular flexibility index (Phi) is 7.57. The minimum atomic E-state index is -4.70. The largest absolute Gasteiger partial charge is 0.417 e. The van der Waals surface area contributed by atoms with E-state index in [1.54, 1.807) is 30.5 Å². The van der Waals surface area contributed by atoms with Crippen LogP contribution in [0.15, 0.2) is 42.6 Å². The summed E-state index contributed by atoms with van der Waals surface area (Å²) in [4.78, 5) is 24.7. The van der Waals surface area contributed by atoms with E-state index in [1.165, 1.54) is 6.07 Å². The van der Waals surface area contributed by atoms with Crippen molar-refractivity contribution in [3.8, 4) is 11.4 Å². The minimum Gasteiger partial charge on any atom is -0.368 e. The predicted octanol–water partition coefficient (Wildman–Crippen LogP) is 6.65. The molecule has 1 aliphatic rings. The second-order valence-corrected chi connectivity index (χ2v) is 10.4. The summed E-state index contributed by atoms with van der Waals surface area (Å²) in [6.07, 6.45) is -2.99. The van der Waals surface area contributed by atoms with Gasteiger partial charge < -0.3 is 15.2 Å². The maximum Gasteiger partial charge on any atom is 0.417 e. The van der Waals surface area contributed by atoms with Gasteiger partial charge in [-0.05, 0) is 63.2 Å². The third-order valence-corrected chi connectivity index (χ3v) is 7.30. The molecule has 1 saturated heterocycles. The lowest BCUT2D eigenvalue weighted by molar-refractivity contribution is -0.137. The molecule has 198 valence electrons. The van der Waals surface area contributed by atoms with Crippen molar-refractivity contribution in [2.45, 2.75) is 51.9 Å². The molecule has 0 saturated carbocycles. The van der Waals surface area contributed by atoms with Gasteiger partial charge in [0.25, 0.3) is 5.91 Å². The Hall–Kier alpha value is -3.04. The molecule has 2 atom stereocenters. The number of anilines is 2. The Morgan fingerprint density at radius 1 is 1.14 bits per heavy atom. The normalized spacial score (nSPS) is 18.9. The maximum absolute atomic E-state index is 14.1. The van der Waals surface area contributed by atoms with Gasteiger partial charge in [0, 0.05) is 54.0 Å². The van der Waals surface area contributed by atoms with Crippen LogP contribution in [0.2, 0.25) is 5.02 Å². The number of alkyl halides is 3. The summed E-state index contributed by atoms with van der Waals surface area (Å²) in [5.74, 6) is -0.112. The number of rotatable bonds is 5. The van der Waals surface area contributed by atoms with Crippen molar-refractivity contribution in [1.29, 1.82) is 0 Å². The van der Waals surface area contributed by atoms with E-state index in [0.29, 0.717) is 40.9 Å². The first kappa shape index (κ1) is 27.0. The summed E-state index contributed by atoms with van der Waals surface area (Å²) in [5.41, 5.74) is 0.802. The molecule has 10 heteroatoms. The third kappa shape index (κ3) is 5.78. The summed E-state index contributed by atoms with van der Waals surface area (Å²) < 4.78 is 42.2. The van der Waals surface area contributed by atoms with Gasteiger partial charge in [-0.25, -0.2) is 4.98 Å². The van der Waals surface area contributed by atoms with Crippen LogP contribution in [-0.2, 0) is 6.18 Å². The molecule has 0 bridgehead atoms. The fourth-order valence-electron chi connectivity index (χ4n) is 4.53. The molecule has 6 nitrogen and oxygen atoms in total. The minimum absolute atomic E-state index is 0.186. The first-order chi connectivity index (χ1) is 17.3. The number of carbonyl (C=O) groups excluding carboxylic acids is 1. The lowest BCUT2D eigenvalue weighted by Crippen LogP contribution is -2.55. The Labute approximate surface area is 219 Å². The molecule has 0 radical (unpaired) electrons. The topological polar surface area (TPSA) is 64.3 Å². The molecule has 2 N–H and O–H groups in total. The second kappa shape index (κ2) is 10.4. The van der Waals surface area contributed by atoms with Crippen LogP contribution >= 0.6 is 11.6 Å². The molecule has 1 aromatic heterocycles. The van der Waals surface area contributed by atoms with Gasteiger partial charge in [-0.1, -0.05) is 25.4 Å². The Morgan fingerprint density at radius 2 is 1.81 bits per heavy atom. The summed E-state index contributed by atoms with van der Waals surface area (Å²) in [6.45, 7) is 9.32. The predicted molar refractivity (Wildman–Crippen MR) is 141 cm³/mol. The number of piperazine rings is 1. The highest BCUT2D eigenvalue weighted by Crippen LogP contribution is 2.36. The van der Waals surface area contributed by atoms with Crippen LogP contribution in [0.25, 0.3) is 11.4 Å². The highest BCUT2D eigenvalue weighted by Gasteiger charge is 2.37. The molecule has 1 fully saturated rings. The standard InChI is InChI=1S/C27H31ClF3N5O/c1-15(2)24-12-32-25(34-24)21-10-18(6-9-23(21)28)33-26(37)20-8-7-19(11-22(20)27(29,30)31)36-13-16(3)35(5)17(4)14-36/h6-12,15-17H,13-14H2,1-5H3,(H,32,34)(H,33,37)/t16-,17+. The molecule has 1 amide bonds. The molecular weight excluding hydrogens is 503 g/mol. The monoisotopic (exact) mass is 533 g/mol. The van der Waals surface area contributed by atoms with Crippen molar-refractivity contribution in [2.75, 3.05) is 30.4 Å². The number of likely N-dealkylation sites (N-methyl/N-ethyl adjacent to an activating group) is 1. The number of H-pyrrole nitrogens is 1. The van der Waals surface area contributed by atoms with Crippen LogP contribution in [0.5, 0.6) is 0 Å². The first-order valence-electron chi connectivity index (χ1n) is 12.2. The molecule has 0 unspecified atom stereocenters. The van der Waals surface area contributed by atoms with E-state index in [9.17, 15) is 18.0 Å². The van der Waals surface area contributed by atoms with Gasteiger partial charge in [-0.15, -0.1) is 0 Å². The molecule has 0 spiro atoms. The molecule has 37 heavy (non-hydrogen) atoms. The zero-order chi connectivity index (χ0) is 27.1. The number of benzene rings is 2. The van der Waals surface area contributed by atoms with Gasteiger partial charge in [0.15, 0.2) is 0 Å². The van der Waals surface area contributed by atoms with E-state index in [1.807, 2.05) is 39.6 Å². The SMILES string of the molecule is CC(C)c1cnc(-c2cc(NC(=O)c3ccc(N4C[C@@H](C)N(C)[C@@H](C)C4)cc3C(F)(F)F)ccc2Cl)[nH]1. The van der Waals surface area contributed by atoms with Crippen molar-refractivity contribution in [3.63, 3.8) is 0 Å².